The van der Waals surface area contributed by atoms with Crippen LogP contribution in [0.5, 0.6) is 11.5 Å². The predicted molar refractivity (Wildman–Crippen MR) is 89.8 cm³/mol. The maximum atomic E-state index is 11.8. The summed E-state index contributed by atoms with van der Waals surface area (Å²) < 4.78 is 5.32. The summed E-state index contributed by atoms with van der Waals surface area (Å²) in [7, 11) is 0. The summed E-state index contributed by atoms with van der Waals surface area (Å²) in [6.07, 6.45) is 6.57. The summed E-state index contributed by atoms with van der Waals surface area (Å²) in [6, 6.07) is 4.90. The van der Waals surface area contributed by atoms with Crippen LogP contribution in [-0.2, 0) is 4.79 Å². The molecule has 1 aliphatic rings. The third kappa shape index (κ3) is 5.75. The van der Waals surface area contributed by atoms with Crippen molar-refractivity contribution in [2.75, 3.05) is 26.2 Å². The Balaban J connectivity index is 1.82. The monoisotopic (exact) mass is 317 g/mol. The number of rotatable bonds is 7. The van der Waals surface area contributed by atoms with Gasteiger partial charge in [-0.25, -0.2) is 5.43 Å². The smallest absolute Gasteiger partial charge is 0.254 e. The number of nitrogens with one attached hydrogen (secondary N) is 1. The van der Waals surface area contributed by atoms with Crippen LogP contribution < -0.4 is 10.2 Å². The molecule has 0 spiro atoms. The number of hydrogen-bond donors (Lipinski definition) is 2. The van der Waals surface area contributed by atoms with E-state index in [1.807, 2.05) is 0 Å². The van der Waals surface area contributed by atoms with E-state index in [-0.39, 0.29) is 11.7 Å². The molecule has 1 aromatic rings. The molecule has 0 unspecified atom stereocenters. The number of nitrogens with zero attached hydrogens (tertiary/aromatic N) is 2. The Morgan fingerprint density at radius 1 is 1.39 bits per heavy atom. The number of carbonyl (C=O) groups is 1. The van der Waals surface area contributed by atoms with Crippen molar-refractivity contribution in [1.29, 1.82) is 0 Å². The van der Waals surface area contributed by atoms with Gasteiger partial charge in [-0.2, -0.15) is 5.10 Å². The van der Waals surface area contributed by atoms with Gasteiger partial charge in [-0.05, 0) is 38.1 Å². The lowest BCUT2D eigenvalue weighted by molar-refractivity contribution is -0.122. The molecule has 1 aliphatic heterocycles. The van der Waals surface area contributed by atoms with E-state index >= 15 is 0 Å². The summed E-state index contributed by atoms with van der Waals surface area (Å²) >= 11 is 0. The number of ether oxygens (including phenoxy) is 1. The molecule has 124 valence electrons. The van der Waals surface area contributed by atoms with Crippen molar-refractivity contribution in [2.24, 2.45) is 5.10 Å². The summed E-state index contributed by atoms with van der Waals surface area (Å²) in [6.45, 7) is 6.22. The first-order valence-electron chi connectivity index (χ1n) is 7.80. The fourth-order valence-electron chi connectivity index (χ4n) is 2.41. The highest BCUT2D eigenvalue weighted by Crippen LogP contribution is 2.22. The van der Waals surface area contributed by atoms with E-state index in [2.05, 4.69) is 22.0 Å². The van der Waals surface area contributed by atoms with Crippen molar-refractivity contribution in [3.05, 3.63) is 36.4 Å². The van der Waals surface area contributed by atoms with Crippen LogP contribution in [-0.4, -0.2) is 48.4 Å². The van der Waals surface area contributed by atoms with Crippen molar-refractivity contribution < 1.29 is 14.6 Å². The molecule has 0 aromatic heterocycles. The molecule has 2 rings (SSSR count). The SMILES string of the molecule is C=CCOc1ccc(/C=N/NC(=O)CN2CCCCC2)c(O)c1. The molecule has 0 aliphatic carbocycles. The lowest BCUT2D eigenvalue weighted by Gasteiger charge is -2.25. The molecule has 1 amide bonds. The van der Waals surface area contributed by atoms with E-state index in [4.69, 9.17) is 4.74 Å². The number of benzene rings is 1. The maximum absolute atomic E-state index is 11.8. The molecule has 1 saturated heterocycles. The first-order valence-corrected chi connectivity index (χ1v) is 7.80. The number of hydrazone groups is 1. The molecule has 0 atom stereocenters. The molecule has 6 nitrogen and oxygen atoms in total. The molecule has 1 heterocycles. The summed E-state index contributed by atoms with van der Waals surface area (Å²) in [5.74, 6) is 0.447. The Bertz CT molecular complexity index is 566. The number of carbonyl (C=O) groups excluding carboxylic acids is 1. The van der Waals surface area contributed by atoms with Crippen LogP contribution in [0.3, 0.4) is 0 Å². The van der Waals surface area contributed by atoms with E-state index in [0.29, 0.717) is 24.5 Å². The fraction of sp³-hybridized carbons (Fsp3) is 0.412. The molecule has 23 heavy (non-hydrogen) atoms. The lowest BCUT2D eigenvalue weighted by atomic mass is 10.1. The van der Waals surface area contributed by atoms with Gasteiger partial charge in [0.2, 0.25) is 0 Å². The van der Waals surface area contributed by atoms with Crippen LogP contribution in [0.2, 0.25) is 0 Å². The number of hydrogen-bond acceptors (Lipinski definition) is 5. The average Bonchev–Trinajstić information content (AvgIpc) is 2.55. The van der Waals surface area contributed by atoms with Crippen LogP contribution in [0.1, 0.15) is 24.8 Å². The first kappa shape index (κ1) is 17.0. The Labute approximate surface area is 136 Å². The van der Waals surface area contributed by atoms with Crippen LogP contribution in [0.15, 0.2) is 36.0 Å². The number of likely N-dealkylation sites (tertiary alicyclic amines) is 1. The molecule has 0 saturated carbocycles. The molecule has 6 heteroatoms. The van der Waals surface area contributed by atoms with Gasteiger partial charge in [-0.15, -0.1) is 0 Å². The topological polar surface area (TPSA) is 74.2 Å². The summed E-state index contributed by atoms with van der Waals surface area (Å²) in [5.41, 5.74) is 3.00. The molecular weight excluding hydrogens is 294 g/mol. The van der Waals surface area contributed by atoms with Crippen molar-refractivity contribution in [3.8, 4) is 11.5 Å². The van der Waals surface area contributed by atoms with E-state index in [1.165, 1.54) is 18.7 Å². The van der Waals surface area contributed by atoms with Crippen LogP contribution >= 0.6 is 0 Å². The molecule has 0 bridgehead atoms. The highest BCUT2D eigenvalue weighted by molar-refractivity contribution is 5.85. The standard InChI is InChI=1S/C17H23N3O3/c1-2-10-23-15-7-6-14(16(21)11-15)12-18-19-17(22)13-20-8-4-3-5-9-20/h2,6-7,11-12,21H,1,3-5,8-10,13H2,(H,19,22)/b18-12+. The van der Waals surface area contributed by atoms with Gasteiger partial charge in [-0.3, -0.25) is 9.69 Å². The minimum atomic E-state index is -0.145. The van der Waals surface area contributed by atoms with Crippen LogP contribution in [0.4, 0.5) is 0 Å². The van der Waals surface area contributed by atoms with Gasteiger partial charge < -0.3 is 9.84 Å². The van der Waals surface area contributed by atoms with Gasteiger partial charge >= 0.3 is 0 Å². The lowest BCUT2D eigenvalue weighted by Crippen LogP contribution is -2.38. The van der Waals surface area contributed by atoms with Gasteiger partial charge in [-0.1, -0.05) is 19.1 Å². The molecular formula is C17H23N3O3. The molecule has 0 radical (unpaired) electrons. The molecule has 1 fully saturated rings. The van der Waals surface area contributed by atoms with Crippen molar-refractivity contribution in [2.45, 2.75) is 19.3 Å². The Morgan fingerprint density at radius 2 is 2.17 bits per heavy atom. The number of piperidine rings is 1. The Kier molecular flexibility index (Phi) is 6.62. The Hall–Kier alpha value is -2.34. The third-order valence-corrected chi connectivity index (χ3v) is 3.58. The Morgan fingerprint density at radius 3 is 2.87 bits per heavy atom. The fourth-order valence-corrected chi connectivity index (χ4v) is 2.41. The summed E-state index contributed by atoms with van der Waals surface area (Å²) in [5, 5.41) is 13.8. The number of aromatic hydroxyl groups is 1. The van der Waals surface area contributed by atoms with Gasteiger partial charge in [0.05, 0.1) is 12.8 Å². The van der Waals surface area contributed by atoms with Crippen LogP contribution in [0.25, 0.3) is 0 Å². The second kappa shape index (κ2) is 8.95. The minimum Gasteiger partial charge on any atom is -0.507 e. The van der Waals surface area contributed by atoms with Gasteiger partial charge in [0.15, 0.2) is 0 Å². The summed E-state index contributed by atoms with van der Waals surface area (Å²) in [4.78, 5) is 13.9. The second-order valence-corrected chi connectivity index (χ2v) is 5.45. The van der Waals surface area contributed by atoms with Crippen molar-refractivity contribution >= 4 is 12.1 Å². The highest BCUT2D eigenvalue weighted by atomic mass is 16.5. The van der Waals surface area contributed by atoms with E-state index in [9.17, 15) is 9.90 Å². The van der Waals surface area contributed by atoms with Gasteiger partial charge in [0.25, 0.3) is 5.91 Å². The van der Waals surface area contributed by atoms with Gasteiger partial charge in [0.1, 0.15) is 18.1 Å². The zero-order valence-corrected chi connectivity index (χ0v) is 13.2. The maximum Gasteiger partial charge on any atom is 0.254 e. The first-order chi connectivity index (χ1) is 11.2. The number of phenolic OH excluding ortho intramolecular Hbond substituents is 1. The average molecular weight is 317 g/mol. The van der Waals surface area contributed by atoms with Gasteiger partial charge in [0, 0.05) is 11.6 Å². The number of amides is 1. The second-order valence-electron chi connectivity index (χ2n) is 5.45. The minimum absolute atomic E-state index is 0.0422. The molecule has 1 aromatic carbocycles. The zero-order chi connectivity index (χ0) is 16.5. The predicted octanol–water partition coefficient (Wildman–Crippen LogP) is 1.89. The normalized spacial score (nSPS) is 15.5. The largest absolute Gasteiger partial charge is 0.507 e. The van der Waals surface area contributed by atoms with Crippen molar-refractivity contribution in [1.82, 2.24) is 10.3 Å². The van der Waals surface area contributed by atoms with Crippen LogP contribution in [0, 0.1) is 0 Å². The van der Waals surface area contributed by atoms with E-state index < -0.39 is 0 Å². The van der Waals surface area contributed by atoms with Crippen molar-refractivity contribution in [3.63, 3.8) is 0 Å². The number of phenols is 1. The molecule has 2 N–H and O–H groups in total. The van der Waals surface area contributed by atoms with E-state index in [0.717, 1.165) is 25.9 Å². The third-order valence-electron chi connectivity index (χ3n) is 3.58. The quantitative estimate of drug-likeness (QED) is 0.457. The highest BCUT2D eigenvalue weighted by Gasteiger charge is 2.13. The van der Waals surface area contributed by atoms with E-state index in [1.54, 1.807) is 18.2 Å². The zero-order valence-electron chi connectivity index (χ0n) is 13.2.